The minimum atomic E-state index is -0.180. The number of aromatic nitrogens is 1. The van der Waals surface area contributed by atoms with Gasteiger partial charge in [0.2, 0.25) is 0 Å². The van der Waals surface area contributed by atoms with E-state index < -0.39 is 0 Å². The number of rotatable bonds is 5. The molecule has 20 heavy (non-hydrogen) atoms. The predicted octanol–water partition coefficient (Wildman–Crippen LogP) is 1.55. The van der Waals surface area contributed by atoms with Crippen LogP contribution in [0, 0.1) is 11.3 Å². The van der Waals surface area contributed by atoms with E-state index in [2.05, 4.69) is 10.3 Å². The highest BCUT2D eigenvalue weighted by molar-refractivity contribution is 5.63. The number of aliphatic hydroxyl groups excluding tert-OH is 1. The molecule has 1 aromatic carbocycles. The van der Waals surface area contributed by atoms with Gasteiger partial charge >= 0.3 is 0 Å². The van der Waals surface area contributed by atoms with Crippen LogP contribution in [-0.4, -0.2) is 22.7 Å². The van der Waals surface area contributed by atoms with Gasteiger partial charge in [-0.05, 0) is 18.1 Å². The first-order valence-electron chi connectivity index (χ1n) is 6.30. The standard InChI is InChI=1S/C15H16N4O/c16-8-12-7-14(17)15(18-9-12)19-13(10-20)6-11-4-2-1-3-5-11/h1-5,7,9,13,20H,6,10,17H2,(H,18,19). The zero-order valence-electron chi connectivity index (χ0n) is 11.0. The summed E-state index contributed by atoms with van der Waals surface area (Å²) in [5.74, 6) is 0.485. The molecular weight excluding hydrogens is 252 g/mol. The van der Waals surface area contributed by atoms with Crippen LogP contribution in [-0.2, 0) is 6.42 Å². The van der Waals surface area contributed by atoms with Gasteiger partial charge in [-0.1, -0.05) is 30.3 Å². The zero-order valence-corrected chi connectivity index (χ0v) is 11.0. The Balaban J connectivity index is 2.09. The van der Waals surface area contributed by atoms with E-state index >= 15 is 0 Å². The molecule has 1 aromatic heterocycles. The third kappa shape index (κ3) is 3.46. The van der Waals surface area contributed by atoms with Gasteiger partial charge < -0.3 is 16.2 Å². The monoisotopic (exact) mass is 268 g/mol. The second kappa shape index (κ2) is 6.55. The number of nitrogen functional groups attached to an aromatic ring is 1. The van der Waals surface area contributed by atoms with Crippen molar-refractivity contribution in [2.45, 2.75) is 12.5 Å². The molecule has 1 atom stereocenters. The van der Waals surface area contributed by atoms with Crippen molar-refractivity contribution >= 4 is 11.5 Å². The van der Waals surface area contributed by atoms with Gasteiger partial charge in [-0.25, -0.2) is 4.98 Å². The Morgan fingerprint density at radius 2 is 2.10 bits per heavy atom. The van der Waals surface area contributed by atoms with Crippen LogP contribution in [0.15, 0.2) is 42.6 Å². The van der Waals surface area contributed by atoms with Gasteiger partial charge in [0, 0.05) is 6.20 Å². The summed E-state index contributed by atoms with van der Waals surface area (Å²) >= 11 is 0. The number of benzene rings is 1. The van der Waals surface area contributed by atoms with Gasteiger partial charge in [0.15, 0.2) is 0 Å². The summed E-state index contributed by atoms with van der Waals surface area (Å²) in [5, 5.41) is 21.3. The van der Waals surface area contributed by atoms with Crippen molar-refractivity contribution in [1.29, 1.82) is 5.26 Å². The molecule has 0 saturated carbocycles. The van der Waals surface area contributed by atoms with Crippen LogP contribution in [0.1, 0.15) is 11.1 Å². The van der Waals surface area contributed by atoms with E-state index in [1.165, 1.54) is 6.20 Å². The zero-order chi connectivity index (χ0) is 14.4. The maximum Gasteiger partial charge on any atom is 0.149 e. The lowest BCUT2D eigenvalue weighted by atomic mass is 10.1. The molecule has 0 radical (unpaired) electrons. The summed E-state index contributed by atoms with van der Waals surface area (Å²) in [6, 6.07) is 13.2. The van der Waals surface area contributed by atoms with E-state index in [0.717, 1.165) is 5.56 Å². The van der Waals surface area contributed by atoms with Crippen molar-refractivity contribution in [3.8, 4) is 6.07 Å². The SMILES string of the molecule is N#Cc1cnc(NC(CO)Cc2ccccc2)c(N)c1. The minimum Gasteiger partial charge on any atom is -0.396 e. The van der Waals surface area contributed by atoms with E-state index in [1.807, 2.05) is 36.4 Å². The number of aliphatic hydroxyl groups is 1. The molecule has 2 rings (SSSR count). The topological polar surface area (TPSA) is 95.0 Å². The molecule has 4 N–H and O–H groups in total. The van der Waals surface area contributed by atoms with E-state index in [4.69, 9.17) is 11.0 Å². The number of nitrogens with zero attached hydrogens (tertiary/aromatic N) is 2. The van der Waals surface area contributed by atoms with Crippen LogP contribution in [0.3, 0.4) is 0 Å². The molecule has 0 bridgehead atoms. The first-order chi connectivity index (χ1) is 9.72. The molecule has 5 heteroatoms. The van der Waals surface area contributed by atoms with Crippen molar-refractivity contribution in [3.05, 3.63) is 53.7 Å². The van der Waals surface area contributed by atoms with Crippen LogP contribution in [0.5, 0.6) is 0 Å². The molecule has 0 aliphatic carbocycles. The van der Waals surface area contributed by atoms with Gasteiger partial charge in [-0.3, -0.25) is 0 Å². The van der Waals surface area contributed by atoms with Crippen LogP contribution in [0.25, 0.3) is 0 Å². The molecule has 0 amide bonds. The number of hydrogen-bond acceptors (Lipinski definition) is 5. The lowest BCUT2D eigenvalue weighted by molar-refractivity contribution is 0.273. The third-order valence-corrected chi connectivity index (χ3v) is 2.93. The Morgan fingerprint density at radius 3 is 2.70 bits per heavy atom. The fourth-order valence-electron chi connectivity index (χ4n) is 1.92. The fourth-order valence-corrected chi connectivity index (χ4v) is 1.92. The molecule has 0 fully saturated rings. The summed E-state index contributed by atoms with van der Waals surface area (Å²) < 4.78 is 0. The highest BCUT2D eigenvalue weighted by Gasteiger charge is 2.11. The molecule has 0 saturated heterocycles. The van der Waals surface area contributed by atoms with Crippen molar-refractivity contribution in [1.82, 2.24) is 4.98 Å². The quantitative estimate of drug-likeness (QED) is 0.764. The summed E-state index contributed by atoms with van der Waals surface area (Å²) in [6.45, 7) is -0.0317. The molecule has 2 aromatic rings. The molecule has 102 valence electrons. The second-order valence-corrected chi connectivity index (χ2v) is 4.49. The largest absolute Gasteiger partial charge is 0.396 e. The summed E-state index contributed by atoms with van der Waals surface area (Å²) in [4.78, 5) is 4.11. The first kappa shape index (κ1) is 13.8. The maximum atomic E-state index is 9.46. The minimum absolute atomic E-state index is 0.0317. The number of pyridine rings is 1. The Bertz CT molecular complexity index is 607. The lowest BCUT2D eigenvalue weighted by Crippen LogP contribution is -2.27. The van der Waals surface area contributed by atoms with Crippen LogP contribution in [0.4, 0.5) is 11.5 Å². The average molecular weight is 268 g/mol. The van der Waals surface area contributed by atoms with Crippen molar-refractivity contribution < 1.29 is 5.11 Å². The van der Waals surface area contributed by atoms with E-state index in [9.17, 15) is 5.11 Å². The van der Waals surface area contributed by atoms with Crippen molar-refractivity contribution in [3.63, 3.8) is 0 Å². The molecular formula is C15H16N4O. The summed E-state index contributed by atoms with van der Waals surface area (Å²) in [6.07, 6.45) is 2.12. The molecule has 0 aliphatic rings. The third-order valence-electron chi connectivity index (χ3n) is 2.93. The molecule has 1 heterocycles. The Kier molecular flexibility index (Phi) is 4.53. The number of anilines is 2. The number of nitriles is 1. The van der Waals surface area contributed by atoms with Crippen LogP contribution < -0.4 is 11.1 Å². The fraction of sp³-hybridized carbons (Fsp3) is 0.200. The second-order valence-electron chi connectivity index (χ2n) is 4.49. The van der Waals surface area contributed by atoms with Crippen LogP contribution in [0.2, 0.25) is 0 Å². The summed E-state index contributed by atoms with van der Waals surface area (Å²) in [5.41, 5.74) is 7.76. The molecule has 5 nitrogen and oxygen atoms in total. The van der Waals surface area contributed by atoms with Crippen LogP contribution >= 0.6 is 0 Å². The van der Waals surface area contributed by atoms with Crippen molar-refractivity contribution in [2.24, 2.45) is 0 Å². The smallest absolute Gasteiger partial charge is 0.149 e. The lowest BCUT2D eigenvalue weighted by Gasteiger charge is -2.18. The molecule has 0 aliphatic heterocycles. The first-order valence-corrected chi connectivity index (χ1v) is 6.30. The highest BCUT2D eigenvalue weighted by Crippen LogP contribution is 2.18. The van der Waals surface area contributed by atoms with Gasteiger partial charge in [-0.2, -0.15) is 5.26 Å². The average Bonchev–Trinajstić information content (AvgIpc) is 2.49. The van der Waals surface area contributed by atoms with E-state index in [0.29, 0.717) is 23.5 Å². The maximum absolute atomic E-state index is 9.46. The van der Waals surface area contributed by atoms with Gasteiger partial charge in [0.25, 0.3) is 0 Å². The van der Waals surface area contributed by atoms with Gasteiger partial charge in [0.1, 0.15) is 11.9 Å². The summed E-state index contributed by atoms with van der Waals surface area (Å²) in [7, 11) is 0. The molecule has 1 unspecified atom stereocenters. The number of hydrogen-bond donors (Lipinski definition) is 3. The molecule has 0 spiro atoms. The normalized spacial score (nSPS) is 11.6. The van der Waals surface area contributed by atoms with E-state index in [-0.39, 0.29) is 12.6 Å². The Hall–Kier alpha value is -2.58. The Labute approximate surface area is 117 Å². The predicted molar refractivity (Wildman–Crippen MR) is 78.0 cm³/mol. The Morgan fingerprint density at radius 1 is 1.35 bits per heavy atom. The van der Waals surface area contributed by atoms with Gasteiger partial charge in [0.05, 0.1) is 23.9 Å². The van der Waals surface area contributed by atoms with Crippen molar-refractivity contribution in [2.75, 3.05) is 17.7 Å². The number of nitrogens with one attached hydrogen (secondary N) is 1. The van der Waals surface area contributed by atoms with E-state index in [1.54, 1.807) is 6.07 Å². The number of nitrogens with two attached hydrogens (primary N) is 1. The van der Waals surface area contributed by atoms with Gasteiger partial charge in [-0.15, -0.1) is 0 Å². The highest BCUT2D eigenvalue weighted by atomic mass is 16.3.